The van der Waals surface area contributed by atoms with Crippen LogP contribution in [0.4, 0.5) is 5.69 Å². The summed E-state index contributed by atoms with van der Waals surface area (Å²) in [5, 5.41) is 19.6. The molecule has 0 aromatic heterocycles. The van der Waals surface area contributed by atoms with Crippen LogP contribution in [0.5, 0.6) is 0 Å². The van der Waals surface area contributed by atoms with Crippen molar-refractivity contribution in [1.82, 2.24) is 0 Å². The quantitative estimate of drug-likeness (QED) is 0.372. The normalized spacial score (nSPS) is 11.4. The Morgan fingerprint density at radius 3 is 2.72 bits per heavy atom. The van der Waals surface area contributed by atoms with Crippen molar-refractivity contribution in [3.63, 3.8) is 0 Å². The van der Waals surface area contributed by atoms with Crippen molar-refractivity contribution >= 4 is 17.7 Å². The maximum Gasteiger partial charge on any atom is 0.342 e. The number of benzene rings is 1. The van der Waals surface area contributed by atoms with Crippen LogP contribution in [0.3, 0.4) is 0 Å². The van der Waals surface area contributed by atoms with Gasteiger partial charge in [-0.1, -0.05) is 13.0 Å². The number of carbonyl (C=O) groups is 1. The number of carboxylic acids is 1. The molecule has 1 atom stereocenters. The van der Waals surface area contributed by atoms with E-state index in [0.29, 0.717) is 12.0 Å². The number of nitrogens with zero attached hydrogens (tertiary/aromatic N) is 2. The van der Waals surface area contributed by atoms with Gasteiger partial charge >= 0.3 is 5.97 Å². The fraction of sp³-hybridized carbons (Fsp3) is 0.273. The Balaban J connectivity index is 3.34. The predicted octanol–water partition coefficient (Wildman–Crippen LogP) is 2.08. The molecule has 1 N–H and O–H groups in total. The summed E-state index contributed by atoms with van der Waals surface area (Å²) in [6.45, 7) is 1.75. The fourth-order valence-corrected chi connectivity index (χ4v) is 1.55. The minimum atomic E-state index is -1.37. The zero-order valence-electron chi connectivity index (χ0n) is 9.49. The Morgan fingerprint density at radius 2 is 2.28 bits per heavy atom. The highest BCUT2D eigenvalue weighted by Gasteiger charge is 2.22. The van der Waals surface area contributed by atoms with Gasteiger partial charge in [0.25, 0.3) is 5.69 Å². The van der Waals surface area contributed by atoms with E-state index in [9.17, 15) is 19.7 Å². The molecule has 0 saturated carbocycles. The smallest absolute Gasteiger partial charge is 0.342 e. The number of carboxylic acid groups (broad SMARTS) is 1. The molecule has 0 spiro atoms. The molecule has 7 nitrogen and oxygen atoms in total. The van der Waals surface area contributed by atoms with Crippen molar-refractivity contribution in [2.75, 3.05) is 0 Å². The average Bonchev–Trinajstić information content (AvgIpc) is 2.35. The minimum absolute atomic E-state index is 0.395. The maximum absolute atomic E-state index is 10.8. The van der Waals surface area contributed by atoms with Gasteiger partial charge in [-0.2, -0.15) is 4.99 Å². The predicted molar refractivity (Wildman–Crippen MR) is 61.2 cm³/mol. The first-order valence-electron chi connectivity index (χ1n) is 5.09. The lowest BCUT2D eigenvalue weighted by Gasteiger charge is -2.08. The van der Waals surface area contributed by atoms with Crippen molar-refractivity contribution in [3.05, 3.63) is 39.4 Å². The molecule has 0 bridgehead atoms. The minimum Gasteiger partial charge on any atom is -0.477 e. The highest BCUT2D eigenvalue weighted by Crippen LogP contribution is 2.27. The maximum atomic E-state index is 10.8. The molecule has 0 heterocycles. The molecule has 0 amide bonds. The summed E-state index contributed by atoms with van der Waals surface area (Å²) in [6.07, 6.45) is 1.85. The highest BCUT2D eigenvalue weighted by molar-refractivity contribution is 5.92. The first-order chi connectivity index (χ1) is 8.51. The molecule has 0 aliphatic heterocycles. The molecule has 94 valence electrons. The van der Waals surface area contributed by atoms with Crippen LogP contribution < -0.4 is 0 Å². The Hall–Kier alpha value is -2.53. The molecule has 1 aromatic rings. The summed E-state index contributed by atoms with van der Waals surface area (Å²) >= 11 is 0. The van der Waals surface area contributed by atoms with E-state index in [0.717, 1.165) is 12.1 Å². The van der Waals surface area contributed by atoms with E-state index in [-0.39, 0.29) is 0 Å². The van der Waals surface area contributed by atoms with Gasteiger partial charge in [-0.25, -0.2) is 9.59 Å². The summed E-state index contributed by atoms with van der Waals surface area (Å²) in [5.74, 6) is -1.37. The molecule has 18 heavy (non-hydrogen) atoms. The molecule has 1 aromatic carbocycles. The molecule has 0 unspecified atom stereocenters. The molecular formula is C11H10N2O5. The molecular weight excluding hydrogens is 240 g/mol. The van der Waals surface area contributed by atoms with Crippen LogP contribution in [-0.4, -0.2) is 22.1 Å². The molecule has 7 heteroatoms. The van der Waals surface area contributed by atoms with Crippen LogP contribution in [0.25, 0.3) is 0 Å². The zero-order chi connectivity index (χ0) is 13.7. The number of nitro groups is 1. The van der Waals surface area contributed by atoms with Crippen LogP contribution >= 0.6 is 0 Å². The largest absolute Gasteiger partial charge is 0.477 e. The lowest BCUT2D eigenvalue weighted by Crippen LogP contribution is -2.04. The van der Waals surface area contributed by atoms with Crippen molar-refractivity contribution in [1.29, 1.82) is 0 Å². The van der Waals surface area contributed by atoms with Crippen molar-refractivity contribution in [2.45, 2.75) is 19.4 Å². The van der Waals surface area contributed by atoms with Crippen LogP contribution in [-0.2, 0) is 4.79 Å². The van der Waals surface area contributed by atoms with E-state index in [1.165, 1.54) is 12.1 Å². The van der Waals surface area contributed by atoms with Crippen molar-refractivity contribution in [3.8, 4) is 0 Å². The molecule has 0 aliphatic rings. The fourth-order valence-electron chi connectivity index (χ4n) is 1.55. The Morgan fingerprint density at radius 1 is 1.61 bits per heavy atom. The van der Waals surface area contributed by atoms with Gasteiger partial charge in [0.05, 0.1) is 11.0 Å². The highest BCUT2D eigenvalue weighted by atomic mass is 16.6. The van der Waals surface area contributed by atoms with Gasteiger partial charge in [0.1, 0.15) is 5.56 Å². The average molecular weight is 250 g/mol. The van der Waals surface area contributed by atoms with E-state index in [1.54, 1.807) is 6.92 Å². The molecule has 0 saturated heterocycles. The van der Waals surface area contributed by atoms with E-state index >= 15 is 0 Å². The Kier molecular flexibility index (Phi) is 4.28. The van der Waals surface area contributed by atoms with Gasteiger partial charge in [-0.15, -0.1) is 0 Å². The third-order valence-corrected chi connectivity index (χ3v) is 2.43. The van der Waals surface area contributed by atoms with Crippen molar-refractivity contribution in [2.24, 2.45) is 4.99 Å². The zero-order valence-corrected chi connectivity index (χ0v) is 9.49. The SMILES string of the molecule is CC[C@@H](N=C=O)c1ccc(C(=O)O)c([N+](=O)[O-])c1. The first kappa shape index (κ1) is 13.5. The number of aliphatic imine (C=N–C) groups is 1. The topological polar surface area (TPSA) is 110 Å². The molecule has 1 rings (SSSR count). The van der Waals surface area contributed by atoms with Gasteiger partial charge < -0.3 is 5.11 Å². The van der Waals surface area contributed by atoms with E-state index < -0.39 is 28.2 Å². The summed E-state index contributed by atoms with van der Waals surface area (Å²) < 4.78 is 0. The summed E-state index contributed by atoms with van der Waals surface area (Å²) in [6, 6.07) is 3.12. The second-order valence-electron chi connectivity index (χ2n) is 3.48. The van der Waals surface area contributed by atoms with Gasteiger partial charge in [0.15, 0.2) is 0 Å². The van der Waals surface area contributed by atoms with Gasteiger partial charge in [0.2, 0.25) is 6.08 Å². The molecule has 0 radical (unpaired) electrons. The number of isocyanates is 1. The number of carbonyl (C=O) groups excluding carboxylic acids is 1. The van der Waals surface area contributed by atoms with Crippen molar-refractivity contribution < 1.29 is 19.6 Å². The number of nitro benzene ring substituents is 1. The standard InChI is InChI=1S/C11H10N2O5/c1-2-9(12-6-14)7-3-4-8(11(15)16)10(5-7)13(17)18/h3-5,9H,2H2,1H3,(H,15,16)/t9-/m1/s1. The summed E-state index contributed by atoms with van der Waals surface area (Å²) in [7, 11) is 0. The van der Waals surface area contributed by atoms with Gasteiger partial charge in [-0.3, -0.25) is 10.1 Å². The summed E-state index contributed by atoms with van der Waals surface area (Å²) in [4.78, 5) is 34.6. The number of hydrogen-bond donors (Lipinski definition) is 1. The molecule has 0 aliphatic carbocycles. The first-order valence-corrected chi connectivity index (χ1v) is 5.09. The van der Waals surface area contributed by atoms with E-state index in [2.05, 4.69) is 4.99 Å². The molecule has 0 fully saturated rings. The number of aromatic carboxylic acids is 1. The van der Waals surface area contributed by atoms with Gasteiger partial charge in [0, 0.05) is 6.07 Å². The van der Waals surface area contributed by atoms with Crippen LogP contribution in [0, 0.1) is 10.1 Å². The monoisotopic (exact) mass is 250 g/mol. The third-order valence-electron chi connectivity index (χ3n) is 2.43. The Labute approximate surface area is 102 Å². The van der Waals surface area contributed by atoms with Gasteiger partial charge in [-0.05, 0) is 18.1 Å². The van der Waals surface area contributed by atoms with Crippen LogP contribution in [0.1, 0.15) is 35.3 Å². The van der Waals surface area contributed by atoms with E-state index in [1.807, 2.05) is 0 Å². The Bertz CT molecular complexity index is 534. The lowest BCUT2D eigenvalue weighted by molar-refractivity contribution is -0.385. The second kappa shape index (κ2) is 5.70. The van der Waals surface area contributed by atoms with Crippen LogP contribution in [0.2, 0.25) is 0 Å². The second-order valence-corrected chi connectivity index (χ2v) is 3.48. The third kappa shape index (κ3) is 2.78. The van der Waals surface area contributed by atoms with Crippen LogP contribution in [0.15, 0.2) is 23.2 Å². The summed E-state index contributed by atoms with van der Waals surface area (Å²) in [5.41, 5.74) is -0.495. The lowest BCUT2D eigenvalue weighted by atomic mass is 10.0. The number of hydrogen-bond acceptors (Lipinski definition) is 5. The van der Waals surface area contributed by atoms with E-state index in [4.69, 9.17) is 5.11 Å². The number of rotatable bonds is 5.